The Hall–Kier alpha value is -6.67. The van der Waals surface area contributed by atoms with Crippen LogP contribution in [-0.4, -0.2) is 99.9 Å². The molecular formula is C48H51ClN11O4P. The second kappa shape index (κ2) is 18.4. The van der Waals surface area contributed by atoms with Crippen LogP contribution in [0.25, 0.3) is 27.9 Å². The number of H-pyrrole nitrogens is 1. The molecular weight excluding hydrogens is 861 g/mol. The number of rotatable bonds is 12. The molecule has 5 heterocycles. The molecule has 2 saturated heterocycles. The second-order valence-corrected chi connectivity index (χ2v) is 20.4. The van der Waals surface area contributed by atoms with Crippen LogP contribution in [0.3, 0.4) is 0 Å². The lowest BCUT2D eigenvalue weighted by atomic mass is 9.98. The molecule has 65 heavy (non-hydrogen) atoms. The summed E-state index contributed by atoms with van der Waals surface area (Å²) in [5.74, 6) is 1.31. The van der Waals surface area contributed by atoms with Gasteiger partial charge in [0.25, 0.3) is 5.56 Å². The molecule has 9 rings (SSSR count). The van der Waals surface area contributed by atoms with Crippen LogP contribution in [0, 0.1) is 0 Å². The summed E-state index contributed by atoms with van der Waals surface area (Å²) >= 11 is 6.69. The van der Waals surface area contributed by atoms with Crippen molar-refractivity contribution in [3.8, 4) is 33.7 Å². The highest BCUT2D eigenvalue weighted by atomic mass is 35.5. The van der Waals surface area contributed by atoms with Gasteiger partial charge in [-0.05, 0) is 79.8 Å². The Morgan fingerprint density at radius 3 is 2.20 bits per heavy atom. The molecule has 3 aromatic heterocycles. The Kier molecular flexibility index (Phi) is 12.4. The van der Waals surface area contributed by atoms with Gasteiger partial charge in [0.05, 0.1) is 36.6 Å². The van der Waals surface area contributed by atoms with Gasteiger partial charge in [-0.3, -0.25) is 23.9 Å². The molecule has 2 fully saturated rings. The molecule has 2 aliphatic heterocycles. The number of nitrogens with one attached hydrogen (secondary N) is 3. The van der Waals surface area contributed by atoms with Crippen molar-refractivity contribution in [2.75, 3.05) is 80.1 Å². The summed E-state index contributed by atoms with van der Waals surface area (Å²) in [4.78, 5) is 42.9. The molecule has 7 aromatic rings. The van der Waals surface area contributed by atoms with Gasteiger partial charge in [0.1, 0.15) is 17.9 Å². The number of aromatic amines is 1. The molecule has 0 atom stereocenters. The number of methoxy groups -OCH3 is 1. The number of ether oxygens (including phenoxy) is 1. The summed E-state index contributed by atoms with van der Waals surface area (Å²) < 4.78 is 22.9. The van der Waals surface area contributed by atoms with Crippen LogP contribution >= 0.6 is 18.7 Å². The Bertz CT molecular complexity index is 2990. The first kappa shape index (κ1) is 43.6. The smallest absolute Gasteiger partial charge is 0.332 e. The van der Waals surface area contributed by atoms with Gasteiger partial charge in [-0.1, -0.05) is 48.0 Å². The number of hydrogen-bond acceptors (Lipinski definition) is 12. The third kappa shape index (κ3) is 9.58. The molecule has 0 amide bonds. The minimum absolute atomic E-state index is 0.305. The first-order valence-corrected chi connectivity index (χ1v) is 24.6. The van der Waals surface area contributed by atoms with Gasteiger partial charge >= 0.3 is 5.69 Å². The highest BCUT2D eigenvalue weighted by Gasteiger charge is 2.30. The highest BCUT2D eigenvalue weighted by molar-refractivity contribution is 7.70. The standard InChI is InChI=1S/C48H51ClN11O4P/c1-56-31-34(29-51-56)38-27-41(53-47-50-30-39(49)46(55-47)52-40-15-10-33(26-44(40)65(3,4)63)32-8-6-5-7-9-32)43(64-2)28-42(38)59-19-16-36(17-20-59)58-24-22-57(23-25-58)35-11-13-37(14-12-35)60-21-18-45(61)54-48(60)62/h5-15,18,21,26-31,36H,16-17,19-20,22-25H2,1-4H3,(H,54,61,62)(H2,50,52,53,55). The number of aromatic nitrogens is 6. The van der Waals surface area contributed by atoms with Gasteiger partial charge in [-0.15, -0.1) is 0 Å². The number of hydrogen-bond donors (Lipinski definition) is 3. The fourth-order valence-corrected chi connectivity index (χ4v) is 10.1. The Morgan fingerprint density at radius 1 is 0.785 bits per heavy atom. The minimum atomic E-state index is -2.73. The third-order valence-corrected chi connectivity index (χ3v) is 14.0. The summed E-state index contributed by atoms with van der Waals surface area (Å²) in [6.07, 6.45) is 8.97. The van der Waals surface area contributed by atoms with Crippen molar-refractivity contribution in [3.63, 3.8) is 0 Å². The van der Waals surface area contributed by atoms with Crippen molar-refractivity contribution >= 4 is 58.6 Å². The van der Waals surface area contributed by atoms with E-state index in [1.807, 2.05) is 92.2 Å². The van der Waals surface area contributed by atoms with E-state index in [2.05, 4.69) is 52.5 Å². The maximum Gasteiger partial charge on any atom is 0.332 e. The van der Waals surface area contributed by atoms with Gasteiger partial charge < -0.3 is 29.7 Å². The molecule has 0 unspecified atom stereocenters. The molecule has 15 nitrogen and oxygen atoms in total. The Morgan fingerprint density at radius 2 is 1.52 bits per heavy atom. The maximum atomic E-state index is 13.6. The molecule has 0 radical (unpaired) electrons. The number of piperidine rings is 1. The van der Waals surface area contributed by atoms with E-state index in [0.29, 0.717) is 50.9 Å². The zero-order valence-corrected chi connectivity index (χ0v) is 38.4. The zero-order valence-electron chi connectivity index (χ0n) is 36.7. The average Bonchev–Trinajstić information content (AvgIpc) is 3.76. The average molecular weight is 912 g/mol. The van der Waals surface area contributed by atoms with E-state index in [-0.39, 0.29) is 0 Å². The van der Waals surface area contributed by atoms with E-state index in [1.165, 1.54) is 16.8 Å². The van der Waals surface area contributed by atoms with E-state index < -0.39 is 18.4 Å². The summed E-state index contributed by atoms with van der Waals surface area (Å²) in [5.41, 5.74) is 7.32. The summed E-state index contributed by atoms with van der Waals surface area (Å²) in [6.45, 7) is 9.02. The zero-order chi connectivity index (χ0) is 45.2. The lowest BCUT2D eigenvalue weighted by Crippen LogP contribution is -2.53. The van der Waals surface area contributed by atoms with Crippen molar-refractivity contribution in [3.05, 3.63) is 142 Å². The van der Waals surface area contributed by atoms with Gasteiger partial charge in [-0.25, -0.2) is 9.78 Å². The fraction of sp³-hybridized carbons (Fsp3) is 0.271. The molecule has 2 aliphatic rings. The van der Waals surface area contributed by atoms with E-state index in [1.54, 1.807) is 31.3 Å². The lowest BCUT2D eigenvalue weighted by molar-refractivity contribution is 0.160. The van der Waals surface area contributed by atoms with E-state index in [9.17, 15) is 14.2 Å². The summed E-state index contributed by atoms with van der Waals surface area (Å²) in [5, 5.41) is 12.3. The number of halogens is 1. The number of piperazine rings is 1. The first-order valence-electron chi connectivity index (χ1n) is 21.6. The van der Waals surface area contributed by atoms with E-state index >= 15 is 0 Å². The van der Waals surface area contributed by atoms with Crippen LogP contribution in [0.5, 0.6) is 5.75 Å². The molecule has 0 spiro atoms. The van der Waals surface area contributed by atoms with Gasteiger partial charge in [-0.2, -0.15) is 10.1 Å². The molecule has 17 heteroatoms. The minimum Gasteiger partial charge on any atom is -0.494 e. The largest absolute Gasteiger partial charge is 0.494 e. The van der Waals surface area contributed by atoms with Crippen LogP contribution in [-0.2, 0) is 11.6 Å². The molecule has 0 aliphatic carbocycles. The number of anilines is 6. The maximum absolute atomic E-state index is 13.6. The van der Waals surface area contributed by atoms with Crippen LogP contribution < -0.4 is 41.7 Å². The van der Waals surface area contributed by atoms with Crippen molar-refractivity contribution in [1.82, 2.24) is 34.2 Å². The number of nitrogens with zero attached hydrogens (tertiary/aromatic N) is 8. The van der Waals surface area contributed by atoms with Crippen molar-refractivity contribution in [2.24, 2.45) is 7.05 Å². The third-order valence-electron chi connectivity index (χ3n) is 12.2. The fourth-order valence-electron chi connectivity index (χ4n) is 8.81. The van der Waals surface area contributed by atoms with Crippen LogP contribution in [0.15, 0.2) is 125 Å². The summed E-state index contributed by atoms with van der Waals surface area (Å²) in [6, 6.07) is 29.8. The molecule has 3 N–H and O–H groups in total. The summed E-state index contributed by atoms with van der Waals surface area (Å²) in [7, 11) is 0.844. The number of aryl methyl sites for hydroxylation is 1. The lowest BCUT2D eigenvalue weighted by Gasteiger charge is -2.44. The number of benzene rings is 4. The normalized spacial score (nSPS) is 15.0. The van der Waals surface area contributed by atoms with Crippen LogP contribution in [0.4, 0.5) is 34.5 Å². The Balaban J connectivity index is 0.894. The highest BCUT2D eigenvalue weighted by Crippen LogP contribution is 2.43. The second-order valence-electron chi connectivity index (χ2n) is 16.8. The molecule has 0 bridgehead atoms. The molecule has 334 valence electrons. The van der Waals surface area contributed by atoms with Crippen LogP contribution in [0.1, 0.15) is 12.8 Å². The molecule has 4 aromatic carbocycles. The van der Waals surface area contributed by atoms with Crippen LogP contribution in [0.2, 0.25) is 5.02 Å². The topological polar surface area (TPSA) is 159 Å². The van der Waals surface area contributed by atoms with Gasteiger partial charge in [0.2, 0.25) is 5.95 Å². The van der Waals surface area contributed by atoms with Crippen molar-refractivity contribution in [1.29, 1.82) is 0 Å². The Labute approximate surface area is 382 Å². The predicted octanol–water partition coefficient (Wildman–Crippen LogP) is 7.57. The predicted molar refractivity (Wildman–Crippen MR) is 261 cm³/mol. The monoisotopic (exact) mass is 911 g/mol. The van der Waals surface area contributed by atoms with E-state index in [4.69, 9.17) is 21.3 Å². The SMILES string of the molecule is COc1cc(N2CCC(N3CCN(c4ccc(-n5ccc(=O)[nH]c5=O)cc4)CC3)CC2)c(-c2cnn(C)c2)cc1Nc1ncc(Cl)c(Nc2ccc(-c3ccccc3)cc2P(C)(C)=O)n1. The van der Waals surface area contributed by atoms with Crippen molar-refractivity contribution < 1.29 is 9.30 Å². The molecule has 0 saturated carbocycles. The first-order chi connectivity index (χ1) is 31.4. The van der Waals surface area contributed by atoms with Gasteiger partial charge in [0.15, 0.2) is 5.82 Å². The van der Waals surface area contributed by atoms with Crippen molar-refractivity contribution in [2.45, 2.75) is 18.9 Å². The van der Waals surface area contributed by atoms with E-state index in [0.717, 1.165) is 85.7 Å². The van der Waals surface area contributed by atoms with Gasteiger partial charge in [0, 0.05) is 105 Å². The quantitative estimate of drug-likeness (QED) is 0.104.